The number of carbonyl (C=O) groups excluding carboxylic acids is 1. The largest absolute Gasteiger partial charge is 0.454 e. The van der Waals surface area contributed by atoms with Gasteiger partial charge in [0, 0.05) is 36.6 Å². The maximum Gasteiger partial charge on any atom is 0.326 e. The number of fused-ring (bicyclic) bond motifs is 1. The lowest BCUT2D eigenvalue weighted by atomic mass is 10.3. The molecule has 24 heavy (non-hydrogen) atoms. The Hall–Kier alpha value is -3.07. The molecule has 1 aliphatic rings. The highest BCUT2D eigenvalue weighted by Gasteiger charge is 2.14. The van der Waals surface area contributed by atoms with Gasteiger partial charge in [-0.05, 0) is 19.1 Å². The van der Waals surface area contributed by atoms with Gasteiger partial charge in [-0.25, -0.2) is 9.78 Å². The maximum absolute atomic E-state index is 12.1. The summed E-state index contributed by atoms with van der Waals surface area (Å²) in [6.45, 7) is 3.06. The van der Waals surface area contributed by atoms with Crippen molar-refractivity contribution >= 4 is 23.5 Å². The van der Waals surface area contributed by atoms with Crippen molar-refractivity contribution in [3.8, 4) is 11.5 Å². The molecule has 126 valence electrons. The molecular weight excluding hydrogens is 312 g/mol. The predicted octanol–water partition coefficient (Wildman–Crippen LogP) is 1.53. The lowest BCUT2D eigenvalue weighted by Crippen LogP contribution is -2.22. The topological polar surface area (TPSA) is 123 Å². The minimum atomic E-state index is -0.454. The Morgan fingerprint density at radius 3 is 2.88 bits per heavy atom. The molecule has 5 N–H and O–H groups in total. The standard InChI is InChI=1S/C15H18N6O3/c1-9-6-13(17-5-4-16)20-14(18-9)21-15(22)19-10-2-3-11-12(7-10)24-8-23-11/h2-3,6-7H,4-5,8,16H2,1H3,(H3,17,18,19,20,21,22). The fraction of sp³-hybridized carbons (Fsp3) is 0.267. The molecule has 2 aromatic rings. The number of hydrogen-bond acceptors (Lipinski definition) is 7. The first kappa shape index (κ1) is 15.8. The number of nitrogens with zero attached hydrogens (tertiary/aromatic N) is 2. The van der Waals surface area contributed by atoms with Crippen LogP contribution in [0, 0.1) is 6.92 Å². The minimum Gasteiger partial charge on any atom is -0.454 e. The summed E-state index contributed by atoms with van der Waals surface area (Å²) in [6.07, 6.45) is 0. The van der Waals surface area contributed by atoms with E-state index in [-0.39, 0.29) is 12.7 Å². The molecule has 0 saturated carbocycles. The van der Waals surface area contributed by atoms with Crippen LogP contribution in [0.25, 0.3) is 0 Å². The van der Waals surface area contributed by atoms with Gasteiger partial charge in [0.2, 0.25) is 12.7 Å². The third-order valence-corrected chi connectivity index (χ3v) is 3.16. The first-order valence-electron chi connectivity index (χ1n) is 7.41. The van der Waals surface area contributed by atoms with Crippen LogP contribution in [0.1, 0.15) is 5.69 Å². The van der Waals surface area contributed by atoms with Crippen LogP contribution in [-0.2, 0) is 0 Å². The van der Waals surface area contributed by atoms with Crippen LogP contribution in [0.3, 0.4) is 0 Å². The Bertz CT molecular complexity index is 752. The normalized spacial score (nSPS) is 11.9. The molecule has 1 aliphatic heterocycles. The Balaban J connectivity index is 1.65. The Morgan fingerprint density at radius 1 is 1.21 bits per heavy atom. The quantitative estimate of drug-likeness (QED) is 0.655. The Labute approximate surface area is 138 Å². The molecule has 9 heteroatoms. The second kappa shape index (κ2) is 7.01. The lowest BCUT2D eigenvalue weighted by Gasteiger charge is -2.10. The van der Waals surface area contributed by atoms with E-state index in [2.05, 4.69) is 25.9 Å². The molecule has 0 spiro atoms. The zero-order chi connectivity index (χ0) is 16.9. The van der Waals surface area contributed by atoms with E-state index in [0.717, 1.165) is 5.69 Å². The first-order chi connectivity index (χ1) is 11.6. The van der Waals surface area contributed by atoms with Gasteiger partial charge in [0.1, 0.15) is 5.82 Å². The van der Waals surface area contributed by atoms with Crippen molar-refractivity contribution in [2.45, 2.75) is 6.92 Å². The molecule has 1 aromatic heterocycles. The van der Waals surface area contributed by atoms with Gasteiger partial charge in [0.05, 0.1) is 0 Å². The number of ether oxygens (including phenoxy) is 2. The molecule has 0 fully saturated rings. The third-order valence-electron chi connectivity index (χ3n) is 3.16. The highest BCUT2D eigenvalue weighted by atomic mass is 16.7. The van der Waals surface area contributed by atoms with Crippen LogP contribution in [0.5, 0.6) is 11.5 Å². The average molecular weight is 330 g/mol. The number of nitrogens with two attached hydrogens (primary N) is 1. The Kier molecular flexibility index (Phi) is 4.62. The summed E-state index contributed by atoms with van der Waals surface area (Å²) in [5, 5.41) is 8.34. The number of amides is 2. The van der Waals surface area contributed by atoms with Gasteiger partial charge in [-0.1, -0.05) is 0 Å². The number of aromatic nitrogens is 2. The molecule has 1 aromatic carbocycles. The predicted molar refractivity (Wildman–Crippen MR) is 89.5 cm³/mol. The van der Waals surface area contributed by atoms with Gasteiger partial charge in [-0.3, -0.25) is 5.32 Å². The monoisotopic (exact) mass is 330 g/mol. The minimum absolute atomic E-state index is 0.181. The van der Waals surface area contributed by atoms with Crippen molar-refractivity contribution in [3.63, 3.8) is 0 Å². The van der Waals surface area contributed by atoms with Gasteiger partial charge >= 0.3 is 6.03 Å². The zero-order valence-electron chi connectivity index (χ0n) is 13.1. The molecule has 9 nitrogen and oxygen atoms in total. The number of hydrogen-bond donors (Lipinski definition) is 4. The second-order valence-corrected chi connectivity index (χ2v) is 5.08. The molecule has 0 aliphatic carbocycles. The number of carbonyl (C=O) groups is 1. The number of benzene rings is 1. The van der Waals surface area contributed by atoms with E-state index in [1.807, 2.05) is 6.92 Å². The summed E-state index contributed by atoms with van der Waals surface area (Å²) in [7, 11) is 0. The summed E-state index contributed by atoms with van der Waals surface area (Å²) in [4.78, 5) is 20.5. The van der Waals surface area contributed by atoms with Crippen LogP contribution in [0.4, 0.5) is 22.2 Å². The molecule has 2 heterocycles. The van der Waals surface area contributed by atoms with Gasteiger partial charge in [0.25, 0.3) is 0 Å². The zero-order valence-corrected chi connectivity index (χ0v) is 13.1. The first-order valence-corrected chi connectivity index (χ1v) is 7.41. The van der Waals surface area contributed by atoms with Gasteiger partial charge in [-0.2, -0.15) is 4.98 Å². The van der Waals surface area contributed by atoms with Crippen molar-refractivity contribution in [2.75, 3.05) is 35.8 Å². The molecule has 0 saturated heterocycles. The summed E-state index contributed by atoms with van der Waals surface area (Å²) in [5.41, 5.74) is 6.75. The molecule has 2 amide bonds. The van der Waals surface area contributed by atoms with Crippen LogP contribution in [0.15, 0.2) is 24.3 Å². The van der Waals surface area contributed by atoms with E-state index in [4.69, 9.17) is 15.2 Å². The van der Waals surface area contributed by atoms with E-state index < -0.39 is 6.03 Å². The molecule has 0 bridgehead atoms. The Morgan fingerprint density at radius 2 is 2.04 bits per heavy atom. The summed E-state index contributed by atoms with van der Waals surface area (Å²) in [6, 6.07) is 6.46. The molecule has 3 rings (SSSR count). The summed E-state index contributed by atoms with van der Waals surface area (Å²) >= 11 is 0. The number of anilines is 3. The highest BCUT2D eigenvalue weighted by Crippen LogP contribution is 2.34. The van der Waals surface area contributed by atoms with Crippen LogP contribution >= 0.6 is 0 Å². The van der Waals surface area contributed by atoms with Gasteiger partial charge in [0.15, 0.2) is 11.5 Å². The van der Waals surface area contributed by atoms with Gasteiger partial charge in [-0.15, -0.1) is 0 Å². The van der Waals surface area contributed by atoms with E-state index in [1.54, 1.807) is 24.3 Å². The average Bonchev–Trinajstić information content (AvgIpc) is 3.00. The van der Waals surface area contributed by atoms with Crippen molar-refractivity contribution in [1.82, 2.24) is 9.97 Å². The lowest BCUT2D eigenvalue weighted by molar-refractivity contribution is 0.174. The highest BCUT2D eigenvalue weighted by molar-refractivity contribution is 5.98. The number of nitrogens with one attached hydrogen (secondary N) is 3. The fourth-order valence-corrected chi connectivity index (χ4v) is 2.15. The fourth-order valence-electron chi connectivity index (χ4n) is 2.15. The summed E-state index contributed by atoms with van der Waals surface area (Å²) in [5.74, 6) is 2.05. The van der Waals surface area contributed by atoms with Crippen molar-refractivity contribution in [3.05, 3.63) is 30.0 Å². The van der Waals surface area contributed by atoms with Crippen LogP contribution in [0.2, 0.25) is 0 Å². The molecular formula is C15H18N6O3. The third kappa shape index (κ3) is 3.82. The van der Waals surface area contributed by atoms with E-state index in [9.17, 15) is 4.79 Å². The summed E-state index contributed by atoms with van der Waals surface area (Å²) < 4.78 is 10.5. The number of rotatable bonds is 5. The van der Waals surface area contributed by atoms with Crippen molar-refractivity contribution in [1.29, 1.82) is 0 Å². The van der Waals surface area contributed by atoms with E-state index in [1.165, 1.54) is 0 Å². The second-order valence-electron chi connectivity index (χ2n) is 5.08. The number of urea groups is 1. The number of aryl methyl sites for hydroxylation is 1. The van der Waals surface area contributed by atoms with Crippen LogP contribution in [-0.4, -0.2) is 35.9 Å². The van der Waals surface area contributed by atoms with Gasteiger partial charge < -0.3 is 25.8 Å². The molecule has 0 atom stereocenters. The SMILES string of the molecule is Cc1cc(NCCN)nc(NC(=O)Nc2ccc3c(c2)OCO3)n1. The maximum atomic E-state index is 12.1. The van der Waals surface area contributed by atoms with Crippen molar-refractivity contribution < 1.29 is 14.3 Å². The van der Waals surface area contributed by atoms with E-state index in [0.29, 0.717) is 36.1 Å². The molecule has 0 radical (unpaired) electrons. The smallest absolute Gasteiger partial charge is 0.326 e. The van der Waals surface area contributed by atoms with Crippen molar-refractivity contribution in [2.24, 2.45) is 5.73 Å². The van der Waals surface area contributed by atoms with Crippen LogP contribution < -0.4 is 31.2 Å². The molecule has 0 unspecified atom stereocenters. The van der Waals surface area contributed by atoms with E-state index >= 15 is 0 Å².